The number of carbonyl (C=O) groups excluding carboxylic acids is 1. The summed E-state index contributed by atoms with van der Waals surface area (Å²) in [4.78, 5) is 26.3. The summed E-state index contributed by atoms with van der Waals surface area (Å²) in [5.41, 5.74) is -0.801. The minimum atomic E-state index is -1.44. The lowest BCUT2D eigenvalue weighted by molar-refractivity contribution is -0.585. The van der Waals surface area contributed by atoms with Crippen LogP contribution < -0.4 is 0 Å². The van der Waals surface area contributed by atoms with Crippen LogP contribution in [0.3, 0.4) is 0 Å². The number of likely N-dealkylation sites (tertiary alicyclic amines) is 1. The van der Waals surface area contributed by atoms with E-state index in [4.69, 9.17) is 9.47 Å². The summed E-state index contributed by atoms with van der Waals surface area (Å²) in [5, 5.41) is 21.9. The van der Waals surface area contributed by atoms with Gasteiger partial charge in [-0.25, -0.2) is 4.79 Å². The minimum Gasteiger partial charge on any atom is -0.444 e. The van der Waals surface area contributed by atoms with Gasteiger partial charge in [-0.3, -0.25) is 15.0 Å². The molecule has 184 valence electrons. The van der Waals surface area contributed by atoms with Gasteiger partial charge in [-0.15, -0.1) is 0 Å². The number of nitrogens with zero attached hydrogens (tertiary/aromatic N) is 2. The van der Waals surface area contributed by atoms with E-state index >= 15 is 0 Å². The van der Waals surface area contributed by atoms with Crippen molar-refractivity contribution in [3.63, 3.8) is 0 Å². The Kier molecular flexibility index (Phi) is 8.34. The van der Waals surface area contributed by atoms with Crippen molar-refractivity contribution in [1.82, 2.24) is 4.90 Å². The second kappa shape index (κ2) is 10.8. The van der Waals surface area contributed by atoms with Crippen LogP contribution in [-0.4, -0.2) is 64.1 Å². The van der Waals surface area contributed by atoms with Crippen molar-refractivity contribution in [2.45, 2.75) is 94.9 Å². The molecule has 1 saturated carbocycles. The van der Waals surface area contributed by atoms with E-state index in [0.29, 0.717) is 25.3 Å². The van der Waals surface area contributed by atoms with E-state index in [1.807, 2.05) is 6.07 Å². The molecular weight excluding hydrogens is 424 g/mol. The molecule has 1 aliphatic heterocycles. The highest BCUT2D eigenvalue weighted by molar-refractivity contribution is 5.69. The maximum absolute atomic E-state index is 13.0. The number of rotatable bonds is 7. The number of aliphatic hydroxyl groups is 1. The molecule has 2 fully saturated rings. The molecule has 1 aromatic carbocycles. The number of nitro groups is 1. The zero-order valence-corrected chi connectivity index (χ0v) is 20.1. The first-order valence-corrected chi connectivity index (χ1v) is 12.1. The molecule has 1 saturated heterocycles. The highest BCUT2D eigenvalue weighted by atomic mass is 16.6. The molecule has 3 rings (SSSR count). The van der Waals surface area contributed by atoms with Gasteiger partial charge in [0.2, 0.25) is 5.54 Å². The summed E-state index contributed by atoms with van der Waals surface area (Å²) < 4.78 is 11.8. The number of benzene rings is 1. The Morgan fingerprint density at radius 1 is 1.21 bits per heavy atom. The number of hydrogen-bond donors (Lipinski definition) is 1. The van der Waals surface area contributed by atoms with E-state index in [9.17, 15) is 20.0 Å². The van der Waals surface area contributed by atoms with Crippen molar-refractivity contribution < 1.29 is 24.3 Å². The molecule has 1 N–H and O–H groups in total. The summed E-state index contributed by atoms with van der Waals surface area (Å²) in [5.74, 6) is 0.506. The molecule has 1 heterocycles. The number of ether oxygens (including phenoxy) is 2. The highest BCUT2D eigenvalue weighted by Gasteiger charge is 2.56. The fourth-order valence-electron chi connectivity index (χ4n) is 5.26. The van der Waals surface area contributed by atoms with Crippen molar-refractivity contribution in [2.24, 2.45) is 0 Å². The van der Waals surface area contributed by atoms with E-state index in [1.165, 1.54) is 10.5 Å². The van der Waals surface area contributed by atoms with Crippen molar-refractivity contribution in [3.8, 4) is 0 Å². The van der Waals surface area contributed by atoms with E-state index in [2.05, 4.69) is 24.3 Å². The zero-order valence-electron chi connectivity index (χ0n) is 20.1. The fraction of sp³-hybridized carbons (Fsp3) is 0.720. The lowest BCUT2D eigenvalue weighted by Crippen LogP contribution is -2.64. The summed E-state index contributed by atoms with van der Waals surface area (Å²) >= 11 is 0. The van der Waals surface area contributed by atoms with Gasteiger partial charge in [0.25, 0.3) is 0 Å². The maximum Gasteiger partial charge on any atom is 0.410 e. The molecule has 1 amide bonds. The average molecular weight is 463 g/mol. The summed E-state index contributed by atoms with van der Waals surface area (Å²) in [6.07, 6.45) is 3.98. The predicted molar refractivity (Wildman–Crippen MR) is 125 cm³/mol. The molecule has 0 radical (unpaired) electrons. The predicted octanol–water partition coefficient (Wildman–Crippen LogP) is 4.53. The first-order chi connectivity index (χ1) is 15.7. The molecular formula is C25H38N2O6. The van der Waals surface area contributed by atoms with Crippen LogP contribution in [0.5, 0.6) is 0 Å². The van der Waals surface area contributed by atoms with Crippen LogP contribution in [0, 0.1) is 10.1 Å². The van der Waals surface area contributed by atoms with Crippen molar-refractivity contribution in [3.05, 3.63) is 46.0 Å². The molecule has 0 unspecified atom stereocenters. The highest BCUT2D eigenvalue weighted by Crippen LogP contribution is 2.37. The molecule has 8 nitrogen and oxygen atoms in total. The van der Waals surface area contributed by atoms with Crippen LogP contribution in [-0.2, 0) is 9.47 Å². The lowest BCUT2D eigenvalue weighted by Gasteiger charge is -2.44. The number of piperidine rings is 1. The van der Waals surface area contributed by atoms with Gasteiger partial charge in [0.15, 0.2) is 0 Å². The molecule has 0 spiro atoms. The van der Waals surface area contributed by atoms with Crippen molar-refractivity contribution in [1.29, 1.82) is 0 Å². The van der Waals surface area contributed by atoms with E-state index in [1.54, 1.807) is 20.8 Å². The van der Waals surface area contributed by atoms with Crippen LogP contribution in [0.1, 0.15) is 77.2 Å². The fourth-order valence-corrected chi connectivity index (χ4v) is 5.26. The first-order valence-electron chi connectivity index (χ1n) is 12.1. The van der Waals surface area contributed by atoms with Gasteiger partial charge in [-0.2, -0.15) is 0 Å². The first kappa shape index (κ1) is 25.4. The zero-order chi connectivity index (χ0) is 24.1. The third-order valence-corrected chi connectivity index (χ3v) is 6.98. The van der Waals surface area contributed by atoms with E-state index in [-0.39, 0.29) is 30.7 Å². The molecule has 2 aliphatic rings. The van der Waals surface area contributed by atoms with Gasteiger partial charge in [0, 0.05) is 30.9 Å². The van der Waals surface area contributed by atoms with Gasteiger partial charge in [-0.1, -0.05) is 30.3 Å². The van der Waals surface area contributed by atoms with Gasteiger partial charge in [0.1, 0.15) is 11.6 Å². The topological polar surface area (TPSA) is 102 Å². The Hall–Kier alpha value is -2.19. The quantitative estimate of drug-likeness (QED) is 0.472. The van der Waals surface area contributed by atoms with Crippen LogP contribution in [0.25, 0.3) is 0 Å². The second-order valence-corrected chi connectivity index (χ2v) is 10.3. The van der Waals surface area contributed by atoms with Crippen LogP contribution in [0.4, 0.5) is 4.79 Å². The Morgan fingerprint density at radius 3 is 2.45 bits per heavy atom. The van der Waals surface area contributed by atoms with Crippen molar-refractivity contribution >= 4 is 6.09 Å². The molecule has 0 bridgehead atoms. The molecule has 1 aromatic rings. The second-order valence-electron chi connectivity index (χ2n) is 10.3. The van der Waals surface area contributed by atoms with Gasteiger partial charge < -0.3 is 14.6 Å². The van der Waals surface area contributed by atoms with E-state index < -0.39 is 23.3 Å². The molecule has 8 heteroatoms. The molecule has 2 atom stereocenters. The monoisotopic (exact) mass is 462 g/mol. The Morgan fingerprint density at radius 2 is 1.88 bits per heavy atom. The third-order valence-electron chi connectivity index (χ3n) is 6.98. The Bertz CT molecular complexity index is 784. The lowest BCUT2D eigenvalue weighted by atomic mass is 9.79. The van der Waals surface area contributed by atoms with Gasteiger partial charge >= 0.3 is 6.09 Å². The molecule has 33 heavy (non-hydrogen) atoms. The van der Waals surface area contributed by atoms with Gasteiger partial charge in [-0.05, 0) is 64.4 Å². The summed E-state index contributed by atoms with van der Waals surface area (Å²) in [6.45, 7) is 5.47. The summed E-state index contributed by atoms with van der Waals surface area (Å²) in [7, 11) is 0. The maximum atomic E-state index is 13.0. The molecule has 0 aromatic heterocycles. The summed E-state index contributed by atoms with van der Waals surface area (Å²) in [6, 6.07) is 9.68. The SMILES string of the molecule is CC(C)(C)OC(=O)N1CCC[C@](CCO)([N+](=O)[O-])[C@@H]1CO[C@H]1CC[C@@H](c2ccccc2)CC1. The normalized spacial score (nSPS) is 28.4. The Labute approximate surface area is 196 Å². The van der Waals surface area contributed by atoms with Crippen molar-refractivity contribution in [2.75, 3.05) is 19.8 Å². The number of hydrogen-bond acceptors (Lipinski definition) is 6. The third kappa shape index (κ3) is 6.23. The number of amides is 1. The Balaban J connectivity index is 1.70. The average Bonchev–Trinajstić information content (AvgIpc) is 2.78. The largest absolute Gasteiger partial charge is 0.444 e. The number of aliphatic hydroxyl groups excluding tert-OH is 1. The van der Waals surface area contributed by atoms with Gasteiger partial charge in [0.05, 0.1) is 12.7 Å². The number of carbonyl (C=O) groups is 1. The van der Waals surface area contributed by atoms with E-state index in [0.717, 1.165) is 25.7 Å². The van der Waals surface area contributed by atoms with Crippen LogP contribution in [0.2, 0.25) is 0 Å². The standard InChI is InChI=1S/C25H38N2O6/c1-24(2,3)33-23(29)26-16-7-14-25(15-17-28,27(30)31)22(26)18-32-21-12-10-20(11-13-21)19-8-5-4-6-9-19/h4-6,8-9,20-22,28H,7,10-18H2,1-3H3/t20-,21+,22-,25+/m0/s1. The minimum absolute atomic E-state index is 0.00551. The van der Waals surface area contributed by atoms with Crippen LogP contribution in [0.15, 0.2) is 30.3 Å². The smallest absolute Gasteiger partial charge is 0.410 e. The van der Waals surface area contributed by atoms with Crippen LogP contribution >= 0.6 is 0 Å². The molecule has 1 aliphatic carbocycles.